The first-order valence-electron chi connectivity index (χ1n) is 5.70. The molecule has 92 valence electrons. The van der Waals surface area contributed by atoms with Gasteiger partial charge < -0.3 is 16.0 Å². The molecule has 1 unspecified atom stereocenters. The average Bonchev–Trinajstić information content (AvgIpc) is 2.77. The number of hydrogen-bond acceptors (Lipinski definition) is 2. The van der Waals surface area contributed by atoms with Gasteiger partial charge in [0.25, 0.3) is 0 Å². The Kier molecular flexibility index (Phi) is 3.86. The minimum Gasteiger partial charge on any atom is -0.330 e. The molecule has 1 heterocycles. The SMILES string of the molecule is NCC1CCN(C(=O)Nc2cccc(Cl)c2)C1. The average molecular weight is 254 g/mol. The van der Waals surface area contributed by atoms with E-state index in [9.17, 15) is 4.79 Å². The molecule has 1 aliphatic heterocycles. The molecule has 4 nitrogen and oxygen atoms in total. The number of amides is 2. The fourth-order valence-electron chi connectivity index (χ4n) is 1.98. The van der Waals surface area contributed by atoms with Crippen LogP contribution in [-0.2, 0) is 0 Å². The van der Waals surface area contributed by atoms with Crippen LogP contribution in [0.5, 0.6) is 0 Å². The lowest BCUT2D eigenvalue weighted by Crippen LogP contribution is -2.33. The summed E-state index contributed by atoms with van der Waals surface area (Å²) in [6.07, 6.45) is 0.986. The maximum atomic E-state index is 11.9. The lowest BCUT2D eigenvalue weighted by molar-refractivity contribution is 0.221. The van der Waals surface area contributed by atoms with E-state index in [1.54, 1.807) is 17.0 Å². The molecule has 0 saturated carbocycles. The Morgan fingerprint density at radius 2 is 2.41 bits per heavy atom. The maximum absolute atomic E-state index is 11.9. The topological polar surface area (TPSA) is 58.4 Å². The van der Waals surface area contributed by atoms with E-state index in [0.717, 1.165) is 25.2 Å². The molecule has 0 aromatic heterocycles. The summed E-state index contributed by atoms with van der Waals surface area (Å²) in [6, 6.07) is 7.06. The highest BCUT2D eigenvalue weighted by atomic mass is 35.5. The number of nitrogens with one attached hydrogen (secondary N) is 1. The standard InChI is InChI=1S/C12H16ClN3O/c13-10-2-1-3-11(6-10)15-12(17)16-5-4-9(7-14)8-16/h1-3,6,9H,4-5,7-8,14H2,(H,15,17). The molecule has 1 aromatic rings. The van der Waals surface area contributed by atoms with Crippen molar-refractivity contribution in [3.63, 3.8) is 0 Å². The molecule has 1 fully saturated rings. The number of urea groups is 1. The van der Waals surface area contributed by atoms with Crippen molar-refractivity contribution in [2.75, 3.05) is 25.0 Å². The number of carbonyl (C=O) groups is 1. The molecular weight excluding hydrogens is 238 g/mol. The monoisotopic (exact) mass is 253 g/mol. The zero-order valence-corrected chi connectivity index (χ0v) is 10.3. The Hall–Kier alpha value is -1.26. The molecule has 2 amide bonds. The molecule has 17 heavy (non-hydrogen) atoms. The number of anilines is 1. The van der Waals surface area contributed by atoms with Gasteiger partial charge in [-0.25, -0.2) is 4.79 Å². The van der Waals surface area contributed by atoms with E-state index >= 15 is 0 Å². The molecule has 0 aliphatic carbocycles. The normalized spacial score (nSPS) is 19.4. The number of carbonyl (C=O) groups excluding carboxylic acids is 1. The van der Waals surface area contributed by atoms with E-state index < -0.39 is 0 Å². The molecule has 2 rings (SSSR count). The van der Waals surface area contributed by atoms with Gasteiger partial charge >= 0.3 is 6.03 Å². The summed E-state index contributed by atoms with van der Waals surface area (Å²) in [7, 11) is 0. The van der Waals surface area contributed by atoms with Crippen LogP contribution >= 0.6 is 11.6 Å². The number of halogens is 1. The fraction of sp³-hybridized carbons (Fsp3) is 0.417. The number of rotatable bonds is 2. The first-order valence-corrected chi connectivity index (χ1v) is 6.08. The van der Waals surface area contributed by atoms with Gasteiger partial charge in [-0.3, -0.25) is 0 Å². The summed E-state index contributed by atoms with van der Waals surface area (Å²) in [5, 5.41) is 3.45. The van der Waals surface area contributed by atoms with E-state index in [-0.39, 0.29) is 6.03 Å². The molecule has 1 aromatic carbocycles. The van der Waals surface area contributed by atoms with Crippen LogP contribution in [-0.4, -0.2) is 30.6 Å². The summed E-state index contributed by atoms with van der Waals surface area (Å²) < 4.78 is 0. The highest BCUT2D eigenvalue weighted by Gasteiger charge is 2.25. The van der Waals surface area contributed by atoms with Crippen LogP contribution < -0.4 is 11.1 Å². The van der Waals surface area contributed by atoms with E-state index in [1.165, 1.54) is 0 Å². The number of nitrogens with two attached hydrogens (primary N) is 1. The third-order valence-corrected chi connectivity index (χ3v) is 3.22. The molecule has 3 N–H and O–H groups in total. The molecule has 0 bridgehead atoms. The molecule has 1 aliphatic rings. The Morgan fingerprint density at radius 1 is 1.59 bits per heavy atom. The Bertz CT molecular complexity index is 410. The number of benzene rings is 1. The minimum absolute atomic E-state index is 0.0804. The highest BCUT2D eigenvalue weighted by molar-refractivity contribution is 6.30. The van der Waals surface area contributed by atoms with Crippen LogP contribution in [0, 0.1) is 5.92 Å². The first-order chi connectivity index (χ1) is 8.19. The van der Waals surface area contributed by atoms with Gasteiger partial charge in [0.05, 0.1) is 0 Å². The van der Waals surface area contributed by atoms with Crippen molar-refractivity contribution in [2.45, 2.75) is 6.42 Å². The zero-order chi connectivity index (χ0) is 12.3. The predicted molar refractivity (Wildman–Crippen MR) is 69.2 cm³/mol. The lowest BCUT2D eigenvalue weighted by Gasteiger charge is -2.17. The number of likely N-dealkylation sites (tertiary alicyclic amines) is 1. The second-order valence-corrected chi connectivity index (χ2v) is 4.71. The van der Waals surface area contributed by atoms with Crippen molar-refractivity contribution in [1.82, 2.24) is 4.90 Å². The van der Waals surface area contributed by atoms with E-state index in [0.29, 0.717) is 17.5 Å². The van der Waals surface area contributed by atoms with E-state index in [2.05, 4.69) is 5.32 Å². The Balaban J connectivity index is 1.93. The van der Waals surface area contributed by atoms with Crippen molar-refractivity contribution in [1.29, 1.82) is 0 Å². The van der Waals surface area contributed by atoms with Crippen molar-refractivity contribution < 1.29 is 4.79 Å². The second-order valence-electron chi connectivity index (χ2n) is 4.28. The largest absolute Gasteiger partial charge is 0.330 e. The maximum Gasteiger partial charge on any atom is 0.321 e. The molecule has 1 atom stereocenters. The molecule has 5 heteroatoms. The van der Waals surface area contributed by atoms with Gasteiger partial charge in [-0.15, -0.1) is 0 Å². The van der Waals surface area contributed by atoms with Crippen LogP contribution in [0.2, 0.25) is 5.02 Å². The van der Waals surface area contributed by atoms with Gasteiger partial charge in [0.2, 0.25) is 0 Å². The van der Waals surface area contributed by atoms with E-state index in [4.69, 9.17) is 17.3 Å². The van der Waals surface area contributed by atoms with Crippen LogP contribution in [0.4, 0.5) is 10.5 Å². The fourth-order valence-corrected chi connectivity index (χ4v) is 2.17. The van der Waals surface area contributed by atoms with E-state index in [1.807, 2.05) is 12.1 Å². The van der Waals surface area contributed by atoms with Crippen LogP contribution in [0.1, 0.15) is 6.42 Å². The van der Waals surface area contributed by atoms with Crippen LogP contribution in [0.15, 0.2) is 24.3 Å². The summed E-state index contributed by atoms with van der Waals surface area (Å²) in [6.45, 7) is 2.15. The van der Waals surface area contributed by atoms with Gasteiger partial charge in [-0.05, 0) is 37.1 Å². The highest BCUT2D eigenvalue weighted by Crippen LogP contribution is 2.18. The zero-order valence-electron chi connectivity index (χ0n) is 9.53. The van der Waals surface area contributed by atoms with Gasteiger partial charge in [-0.2, -0.15) is 0 Å². The smallest absolute Gasteiger partial charge is 0.321 e. The van der Waals surface area contributed by atoms with Crippen molar-refractivity contribution in [3.05, 3.63) is 29.3 Å². The first kappa shape index (κ1) is 12.2. The van der Waals surface area contributed by atoms with Crippen LogP contribution in [0.3, 0.4) is 0 Å². The Morgan fingerprint density at radius 3 is 3.06 bits per heavy atom. The van der Waals surface area contributed by atoms with Crippen molar-refractivity contribution >= 4 is 23.3 Å². The minimum atomic E-state index is -0.0804. The molecule has 1 saturated heterocycles. The summed E-state index contributed by atoms with van der Waals surface area (Å²) in [5.41, 5.74) is 6.31. The summed E-state index contributed by atoms with van der Waals surface area (Å²) in [4.78, 5) is 13.7. The third-order valence-electron chi connectivity index (χ3n) is 2.98. The third kappa shape index (κ3) is 3.11. The predicted octanol–water partition coefficient (Wildman–Crippen LogP) is 2.15. The van der Waals surface area contributed by atoms with Crippen molar-refractivity contribution in [2.24, 2.45) is 11.7 Å². The van der Waals surface area contributed by atoms with Crippen molar-refractivity contribution in [3.8, 4) is 0 Å². The Labute approximate surface area is 106 Å². The summed E-state index contributed by atoms with van der Waals surface area (Å²) in [5.74, 6) is 0.431. The van der Waals surface area contributed by atoms with Crippen LogP contribution in [0.25, 0.3) is 0 Å². The molecule has 0 spiro atoms. The van der Waals surface area contributed by atoms with Gasteiger partial charge in [-0.1, -0.05) is 17.7 Å². The van der Waals surface area contributed by atoms with Gasteiger partial charge in [0.15, 0.2) is 0 Å². The van der Waals surface area contributed by atoms with Gasteiger partial charge in [0.1, 0.15) is 0 Å². The van der Waals surface area contributed by atoms with Gasteiger partial charge in [0, 0.05) is 23.8 Å². The lowest BCUT2D eigenvalue weighted by atomic mass is 10.1. The molecular formula is C12H16ClN3O. The quantitative estimate of drug-likeness (QED) is 0.849. The summed E-state index contributed by atoms with van der Waals surface area (Å²) >= 11 is 5.85. The second kappa shape index (κ2) is 5.38. The number of hydrogen-bond donors (Lipinski definition) is 2. The molecule has 0 radical (unpaired) electrons. The number of nitrogens with zero attached hydrogens (tertiary/aromatic N) is 1.